The second-order valence-corrected chi connectivity index (χ2v) is 7.07. The molecule has 0 atom stereocenters. The topological polar surface area (TPSA) is 0 Å². The van der Waals surface area contributed by atoms with Gasteiger partial charge in [0.25, 0.3) is 0 Å². The second kappa shape index (κ2) is 4.36. The first-order valence-corrected chi connectivity index (χ1v) is 7.59. The van der Waals surface area contributed by atoms with Crippen molar-refractivity contribution in [2.24, 2.45) is 0 Å². The molecule has 0 spiro atoms. The Hall–Kier alpha value is -0.190. The Labute approximate surface area is 99.0 Å². The molecule has 0 fully saturated rings. The number of rotatable bonds is 1. The van der Waals surface area contributed by atoms with Gasteiger partial charge in [-0.1, -0.05) is 0 Å². The van der Waals surface area contributed by atoms with Gasteiger partial charge in [0, 0.05) is 0 Å². The average molecular weight is 326 g/mol. The molecule has 0 unspecified atom stereocenters. The van der Waals surface area contributed by atoms with Gasteiger partial charge in [-0.25, -0.2) is 0 Å². The molecule has 0 heterocycles. The Morgan fingerprint density at radius 2 is 1.40 bits per heavy atom. The zero-order valence-corrected chi connectivity index (χ0v) is 11.9. The maximum absolute atomic E-state index is 12.9. The summed E-state index contributed by atoms with van der Waals surface area (Å²) >= 11 is -3.85. The molecule has 1 rings (SSSR count). The van der Waals surface area contributed by atoms with Gasteiger partial charge in [-0.05, 0) is 0 Å². The molecule has 1 aromatic carbocycles. The van der Waals surface area contributed by atoms with Crippen LogP contribution >= 0.6 is 21.0 Å². The van der Waals surface area contributed by atoms with Crippen LogP contribution in [-0.2, 0) is 5.41 Å². The van der Waals surface area contributed by atoms with Crippen LogP contribution in [0.3, 0.4) is 0 Å². The molecule has 15 heavy (non-hydrogen) atoms. The minimum atomic E-state index is -3.85. The van der Waals surface area contributed by atoms with E-state index in [1.54, 1.807) is 13.8 Å². The SMILES string of the molecule is Cc1cc(C(C)(C)C)cc(C)c1I(F)F. The van der Waals surface area contributed by atoms with E-state index in [0.29, 0.717) is 3.57 Å². The summed E-state index contributed by atoms with van der Waals surface area (Å²) in [5, 5.41) is 0. The molecule has 0 nitrogen and oxygen atoms in total. The molecule has 0 amide bonds. The van der Waals surface area contributed by atoms with E-state index >= 15 is 0 Å². The molecule has 1 aromatic rings. The summed E-state index contributed by atoms with van der Waals surface area (Å²) < 4.78 is 26.1. The fourth-order valence-corrected chi connectivity index (χ4v) is 3.20. The predicted molar refractivity (Wildman–Crippen MR) is 69.5 cm³/mol. The van der Waals surface area contributed by atoms with Crippen molar-refractivity contribution in [2.45, 2.75) is 40.0 Å². The first kappa shape index (κ1) is 12.9. The second-order valence-electron chi connectivity index (χ2n) is 4.87. The van der Waals surface area contributed by atoms with Gasteiger partial charge < -0.3 is 0 Å². The van der Waals surface area contributed by atoms with Crippen LogP contribution < -0.4 is 0 Å². The summed E-state index contributed by atoms with van der Waals surface area (Å²) in [5.41, 5.74) is 2.68. The van der Waals surface area contributed by atoms with Gasteiger partial charge >= 0.3 is 99.1 Å². The summed E-state index contributed by atoms with van der Waals surface area (Å²) in [5.74, 6) is 0. The third-order valence-corrected chi connectivity index (χ3v) is 4.96. The van der Waals surface area contributed by atoms with Crippen LogP contribution in [0.2, 0.25) is 0 Å². The van der Waals surface area contributed by atoms with Gasteiger partial charge in [0.05, 0.1) is 0 Å². The maximum atomic E-state index is 12.9. The van der Waals surface area contributed by atoms with E-state index in [2.05, 4.69) is 20.8 Å². The molecule has 0 bridgehead atoms. The Bertz CT molecular complexity index is 341. The van der Waals surface area contributed by atoms with E-state index in [4.69, 9.17) is 0 Å². The summed E-state index contributed by atoms with van der Waals surface area (Å²) in [4.78, 5) is 0. The molecule has 0 aromatic heterocycles. The molecule has 0 aliphatic carbocycles. The van der Waals surface area contributed by atoms with Crippen molar-refractivity contribution in [1.82, 2.24) is 0 Å². The van der Waals surface area contributed by atoms with Crippen LogP contribution in [-0.4, -0.2) is 0 Å². The average Bonchev–Trinajstić information content (AvgIpc) is 1.99. The zero-order chi connectivity index (χ0) is 11.8. The normalized spacial score (nSPS) is 12.9. The number of halogens is 3. The van der Waals surface area contributed by atoms with E-state index in [0.717, 1.165) is 16.7 Å². The molecular formula is C12H17F2I. The van der Waals surface area contributed by atoms with Crippen molar-refractivity contribution in [3.8, 4) is 0 Å². The van der Waals surface area contributed by atoms with Crippen LogP contribution in [0, 0.1) is 17.4 Å². The molecular weight excluding hydrogens is 309 g/mol. The van der Waals surface area contributed by atoms with Gasteiger partial charge in [-0.2, -0.15) is 0 Å². The first-order valence-electron chi connectivity index (χ1n) is 4.88. The third kappa shape index (κ3) is 2.89. The van der Waals surface area contributed by atoms with E-state index in [9.17, 15) is 5.72 Å². The standard InChI is InChI=1S/C12H17F2I/c1-8-6-10(12(3,4)5)7-9(2)11(8)15(13)14/h6-7H,1-5H3. The summed E-state index contributed by atoms with van der Waals surface area (Å²) in [7, 11) is 0. The van der Waals surface area contributed by atoms with Crippen LogP contribution in [0.25, 0.3) is 0 Å². The van der Waals surface area contributed by atoms with E-state index in [1.807, 2.05) is 12.1 Å². The van der Waals surface area contributed by atoms with E-state index < -0.39 is 21.0 Å². The van der Waals surface area contributed by atoms with Crippen molar-refractivity contribution < 1.29 is 5.72 Å². The molecule has 86 valence electrons. The molecule has 0 radical (unpaired) electrons. The first-order chi connectivity index (χ1) is 6.73. The Balaban J connectivity index is 3.32. The number of hydrogen-bond donors (Lipinski definition) is 0. The predicted octanol–water partition coefficient (Wildman–Crippen LogP) is 5.05. The quantitative estimate of drug-likeness (QED) is 0.634. The Morgan fingerprint density at radius 1 is 1.00 bits per heavy atom. The minimum absolute atomic E-state index is 0.0275. The monoisotopic (exact) mass is 326 g/mol. The molecule has 0 aliphatic rings. The molecule has 0 saturated carbocycles. The fourth-order valence-electron chi connectivity index (χ4n) is 1.60. The number of benzene rings is 1. The molecule has 0 aliphatic heterocycles. The van der Waals surface area contributed by atoms with Crippen molar-refractivity contribution in [2.75, 3.05) is 0 Å². The van der Waals surface area contributed by atoms with Crippen LogP contribution in [0.1, 0.15) is 37.5 Å². The van der Waals surface area contributed by atoms with Gasteiger partial charge in [0.2, 0.25) is 0 Å². The van der Waals surface area contributed by atoms with E-state index in [-0.39, 0.29) is 5.41 Å². The summed E-state index contributed by atoms with van der Waals surface area (Å²) in [6.07, 6.45) is 0. The van der Waals surface area contributed by atoms with Gasteiger partial charge in [0.1, 0.15) is 0 Å². The number of hydrogen-bond acceptors (Lipinski definition) is 0. The molecule has 0 N–H and O–H groups in total. The van der Waals surface area contributed by atoms with Crippen molar-refractivity contribution in [1.29, 1.82) is 0 Å². The third-order valence-electron chi connectivity index (χ3n) is 2.45. The van der Waals surface area contributed by atoms with Crippen molar-refractivity contribution >= 4 is 21.0 Å². The van der Waals surface area contributed by atoms with Gasteiger partial charge in [0.15, 0.2) is 0 Å². The van der Waals surface area contributed by atoms with Crippen LogP contribution in [0.4, 0.5) is 5.72 Å². The van der Waals surface area contributed by atoms with E-state index in [1.165, 1.54) is 0 Å². The molecule has 3 heteroatoms. The molecule has 0 saturated heterocycles. The zero-order valence-electron chi connectivity index (χ0n) is 9.79. The number of aryl methyl sites for hydroxylation is 2. The van der Waals surface area contributed by atoms with Gasteiger partial charge in [-0.3, -0.25) is 0 Å². The Morgan fingerprint density at radius 3 is 1.67 bits per heavy atom. The summed E-state index contributed by atoms with van der Waals surface area (Å²) in [6, 6.07) is 3.82. The summed E-state index contributed by atoms with van der Waals surface area (Å²) in [6.45, 7) is 9.88. The van der Waals surface area contributed by atoms with Crippen LogP contribution in [0.5, 0.6) is 0 Å². The van der Waals surface area contributed by atoms with Crippen molar-refractivity contribution in [3.63, 3.8) is 0 Å². The van der Waals surface area contributed by atoms with Gasteiger partial charge in [-0.15, -0.1) is 0 Å². The fraction of sp³-hybridized carbons (Fsp3) is 0.500. The van der Waals surface area contributed by atoms with Crippen LogP contribution in [0.15, 0.2) is 12.1 Å². The Kier molecular flexibility index (Phi) is 3.74. The van der Waals surface area contributed by atoms with Crippen molar-refractivity contribution in [3.05, 3.63) is 32.4 Å².